The lowest BCUT2D eigenvalue weighted by molar-refractivity contribution is 0.0597. The standard InChI is InChI=1S/C15H12Cl2O3/c1-19-15(18)14-8-12(17)6-5-10(14)9-20-13-4-2-3-11(16)7-13/h2-8H,9H2,1H3. The molecule has 20 heavy (non-hydrogen) atoms. The van der Waals surface area contributed by atoms with E-state index in [0.717, 1.165) is 0 Å². The summed E-state index contributed by atoms with van der Waals surface area (Å²) in [6.45, 7) is 0.224. The van der Waals surface area contributed by atoms with Gasteiger partial charge < -0.3 is 9.47 Å². The molecule has 0 aromatic heterocycles. The van der Waals surface area contributed by atoms with E-state index in [2.05, 4.69) is 0 Å². The second-order valence-electron chi connectivity index (χ2n) is 4.04. The molecule has 0 saturated carbocycles. The third-order valence-corrected chi connectivity index (χ3v) is 3.14. The quantitative estimate of drug-likeness (QED) is 0.787. The van der Waals surface area contributed by atoms with Crippen molar-refractivity contribution >= 4 is 29.2 Å². The lowest BCUT2D eigenvalue weighted by Crippen LogP contribution is -2.08. The number of hydrogen-bond donors (Lipinski definition) is 0. The molecule has 3 nitrogen and oxygen atoms in total. The summed E-state index contributed by atoms with van der Waals surface area (Å²) in [7, 11) is 1.32. The number of esters is 1. The summed E-state index contributed by atoms with van der Waals surface area (Å²) in [6, 6.07) is 12.0. The molecule has 0 N–H and O–H groups in total. The van der Waals surface area contributed by atoms with Gasteiger partial charge in [0.15, 0.2) is 0 Å². The molecule has 2 aromatic carbocycles. The first-order valence-electron chi connectivity index (χ1n) is 5.85. The molecule has 0 unspecified atom stereocenters. The van der Waals surface area contributed by atoms with Crippen LogP contribution in [0.5, 0.6) is 5.75 Å². The first-order valence-corrected chi connectivity index (χ1v) is 6.61. The fourth-order valence-corrected chi connectivity index (χ4v) is 2.04. The van der Waals surface area contributed by atoms with Crippen molar-refractivity contribution < 1.29 is 14.3 Å². The second kappa shape index (κ2) is 6.64. The van der Waals surface area contributed by atoms with Gasteiger partial charge in [-0.15, -0.1) is 0 Å². The van der Waals surface area contributed by atoms with E-state index in [1.807, 2.05) is 0 Å². The number of carbonyl (C=O) groups excluding carboxylic acids is 1. The van der Waals surface area contributed by atoms with Gasteiger partial charge in [-0.25, -0.2) is 4.79 Å². The third kappa shape index (κ3) is 3.65. The molecule has 0 bridgehead atoms. The molecule has 0 aliphatic heterocycles. The second-order valence-corrected chi connectivity index (χ2v) is 4.91. The maximum Gasteiger partial charge on any atom is 0.338 e. The minimum atomic E-state index is -0.447. The van der Waals surface area contributed by atoms with Crippen LogP contribution in [0.25, 0.3) is 0 Å². The number of carbonyl (C=O) groups is 1. The van der Waals surface area contributed by atoms with Gasteiger partial charge in [-0.3, -0.25) is 0 Å². The zero-order valence-electron chi connectivity index (χ0n) is 10.7. The summed E-state index contributed by atoms with van der Waals surface area (Å²) in [5, 5.41) is 1.06. The lowest BCUT2D eigenvalue weighted by atomic mass is 10.1. The van der Waals surface area contributed by atoms with Gasteiger partial charge in [-0.1, -0.05) is 35.3 Å². The van der Waals surface area contributed by atoms with Gasteiger partial charge in [-0.2, -0.15) is 0 Å². The maximum atomic E-state index is 11.7. The first-order chi connectivity index (χ1) is 9.60. The van der Waals surface area contributed by atoms with Gasteiger partial charge >= 0.3 is 5.97 Å². The predicted molar refractivity (Wildman–Crippen MR) is 78.6 cm³/mol. The average Bonchev–Trinajstić information content (AvgIpc) is 2.45. The molecule has 0 radical (unpaired) electrons. The molecule has 0 spiro atoms. The Bertz CT molecular complexity index is 626. The van der Waals surface area contributed by atoms with Crippen LogP contribution in [0.15, 0.2) is 42.5 Å². The van der Waals surface area contributed by atoms with E-state index >= 15 is 0 Å². The number of ether oxygens (including phenoxy) is 2. The number of rotatable bonds is 4. The first kappa shape index (κ1) is 14.7. The minimum absolute atomic E-state index is 0.224. The van der Waals surface area contributed by atoms with Gasteiger partial charge in [0.2, 0.25) is 0 Å². The van der Waals surface area contributed by atoms with Crippen LogP contribution >= 0.6 is 23.2 Å². The summed E-state index contributed by atoms with van der Waals surface area (Å²) >= 11 is 11.8. The largest absolute Gasteiger partial charge is 0.489 e. The number of benzene rings is 2. The Hall–Kier alpha value is -1.71. The van der Waals surface area contributed by atoms with Gasteiger partial charge in [0.25, 0.3) is 0 Å². The lowest BCUT2D eigenvalue weighted by Gasteiger charge is -2.10. The van der Waals surface area contributed by atoms with Crippen molar-refractivity contribution in [1.82, 2.24) is 0 Å². The van der Waals surface area contributed by atoms with E-state index in [-0.39, 0.29) is 6.61 Å². The number of methoxy groups -OCH3 is 1. The molecule has 2 aromatic rings. The van der Waals surface area contributed by atoms with E-state index < -0.39 is 5.97 Å². The molecule has 0 atom stereocenters. The molecule has 0 aliphatic carbocycles. The molecular formula is C15H12Cl2O3. The van der Waals surface area contributed by atoms with Crippen LogP contribution in [-0.4, -0.2) is 13.1 Å². The highest BCUT2D eigenvalue weighted by Gasteiger charge is 2.13. The fourth-order valence-electron chi connectivity index (χ4n) is 1.69. The Morgan fingerprint density at radius 2 is 1.85 bits per heavy atom. The average molecular weight is 311 g/mol. The number of hydrogen-bond acceptors (Lipinski definition) is 3. The predicted octanol–water partition coefficient (Wildman–Crippen LogP) is 4.36. The Kier molecular flexibility index (Phi) is 4.88. The van der Waals surface area contributed by atoms with Crippen molar-refractivity contribution in [1.29, 1.82) is 0 Å². The van der Waals surface area contributed by atoms with Gasteiger partial charge in [0.05, 0.1) is 12.7 Å². The fraction of sp³-hybridized carbons (Fsp3) is 0.133. The van der Waals surface area contributed by atoms with E-state index in [9.17, 15) is 4.79 Å². The van der Waals surface area contributed by atoms with Crippen LogP contribution in [0, 0.1) is 0 Å². The minimum Gasteiger partial charge on any atom is -0.489 e. The van der Waals surface area contributed by atoms with Gasteiger partial charge in [0, 0.05) is 15.6 Å². The Morgan fingerprint density at radius 1 is 1.10 bits per heavy atom. The van der Waals surface area contributed by atoms with Crippen molar-refractivity contribution in [3.05, 3.63) is 63.6 Å². The van der Waals surface area contributed by atoms with Crippen molar-refractivity contribution in [3.63, 3.8) is 0 Å². The molecule has 5 heteroatoms. The van der Waals surface area contributed by atoms with Gasteiger partial charge in [0.1, 0.15) is 12.4 Å². The third-order valence-electron chi connectivity index (χ3n) is 2.67. The normalized spacial score (nSPS) is 10.2. The van der Waals surface area contributed by atoms with Gasteiger partial charge in [-0.05, 0) is 30.3 Å². The van der Waals surface area contributed by atoms with Crippen molar-refractivity contribution in [3.8, 4) is 5.75 Å². The Labute approximate surface area is 127 Å². The van der Waals surface area contributed by atoms with Crippen LogP contribution in [0.4, 0.5) is 0 Å². The number of halogens is 2. The van der Waals surface area contributed by atoms with E-state index in [0.29, 0.717) is 26.9 Å². The summed E-state index contributed by atoms with van der Waals surface area (Å²) in [5.74, 6) is 0.181. The zero-order valence-corrected chi connectivity index (χ0v) is 12.2. The summed E-state index contributed by atoms with van der Waals surface area (Å²) in [5.41, 5.74) is 1.09. The monoisotopic (exact) mass is 310 g/mol. The van der Waals surface area contributed by atoms with E-state index in [1.54, 1.807) is 42.5 Å². The molecule has 0 amide bonds. The van der Waals surface area contributed by atoms with Crippen LogP contribution in [0.2, 0.25) is 10.0 Å². The van der Waals surface area contributed by atoms with Crippen LogP contribution in [0.3, 0.4) is 0 Å². The molecule has 0 heterocycles. The summed E-state index contributed by atoms with van der Waals surface area (Å²) in [4.78, 5) is 11.7. The molecule has 0 aliphatic rings. The highest BCUT2D eigenvalue weighted by atomic mass is 35.5. The molecular weight excluding hydrogens is 299 g/mol. The van der Waals surface area contributed by atoms with E-state index in [4.69, 9.17) is 32.7 Å². The maximum absolute atomic E-state index is 11.7. The topological polar surface area (TPSA) is 35.5 Å². The highest BCUT2D eigenvalue weighted by molar-refractivity contribution is 6.31. The van der Waals surface area contributed by atoms with Crippen LogP contribution in [-0.2, 0) is 11.3 Å². The molecule has 2 rings (SSSR count). The molecule has 0 saturated heterocycles. The van der Waals surface area contributed by atoms with Crippen molar-refractivity contribution in [2.45, 2.75) is 6.61 Å². The van der Waals surface area contributed by atoms with Crippen LogP contribution < -0.4 is 4.74 Å². The van der Waals surface area contributed by atoms with Crippen molar-refractivity contribution in [2.75, 3.05) is 7.11 Å². The smallest absolute Gasteiger partial charge is 0.338 e. The summed E-state index contributed by atoms with van der Waals surface area (Å²) in [6.07, 6.45) is 0. The highest BCUT2D eigenvalue weighted by Crippen LogP contribution is 2.21. The molecule has 104 valence electrons. The zero-order chi connectivity index (χ0) is 14.5. The Morgan fingerprint density at radius 3 is 2.55 bits per heavy atom. The van der Waals surface area contributed by atoms with E-state index in [1.165, 1.54) is 7.11 Å². The van der Waals surface area contributed by atoms with Crippen LogP contribution in [0.1, 0.15) is 15.9 Å². The molecule has 0 fully saturated rings. The van der Waals surface area contributed by atoms with Crippen molar-refractivity contribution in [2.24, 2.45) is 0 Å². The summed E-state index contributed by atoms with van der Waals surface area (Å²) < 4.78 is 10.3. The Balaban J connectivity index is 2.19. The SMILES string of the molecule is COC(=O)c1cc(Cl)ccc1COc1cccc(Cl)c1.